The number of hydrogen-bond donors (Lipinski definition) is 0. The van der Waals surface area contributed by atoms with E-state index in [0.717, 1.165) is 22.0 Å². The first-order valence-corrected chi connectivity index (χ1v) is 6.81. The lowest BCUT2D eigenvalue weighted by Gasteiger charge is -2.00. The Balaban J connectivity index is 2.11. The van der Waals surface area contributed by atoms with Gasteiger partial charge in [0.15, 0.2) is 5.58 Å². The predicted octanol–water partition coefficient (Wildman–Crippen LogP) is 4.83. The fourth-order valence-electron chi connectivity index (χ4n) is 2.70. The van der Waals surface area contributed by atoms with E-state index >= 15 is 0 Å². The number of rotatable bonds is 1. The summed E-state index contributed by atoms with van der Waals surface area (Å²) in [7, 11) is 0. The highest BCUT2D eigenvalue weighted by atomic mass is 16.3. The van der Waals surface area contributed by atoms with E-state index in [1.54, 1.807) is 12.3 Å². The molecular formula is C19H12N2O. The van der Waals surface area contributed by atoms with Gasteiger partial charge in [0.25, 0.3) is 0 Å². The number of aryl methyl sites for hydroxylation is 1. The Morgan fingerprint density at radius 2 is 1.95 bits per heavy atom. The van der Waals surface area contributed by atoms with Gasteiger partial charge in [-0.15, -0.1) is 0 Å². The molecule has 0 spiro atoms. The lowest BCUT2D eigenvalue weighted by atomic mass is 10.0. The van der Waals surface area contributed by atoms with Crippen molar-refractivity contribution < 1.29 is 8.53 Å². The second kappa shape index (κ2) is 4.71. The number of hydrogen-bond acceptors (Lipinski definition) is 3. The Kier molecular flexibility index (Phi) is 2.09. The molecule has 3 heteroatoms. The molecule has 0 amide bonds. The van der Waals surface area contributed by atoms with Gasteiger partial charge < -0.3 is 4.42 Å². The van der Waals surface area contributed by atoms with Crippen LogP contribution in [0.3, 0.4) is 0 Å². The van der Waals surface area contributed by atoms with E-state index in [-0.39, 0.29) is 11.1 Å². The van der Waals surface area contributed by atoms with E-state index in [0.29, 0.717) is 11.2 Å². The van der Waals surface area contributed by atoms with Crippen LogP contribution in [0.5, 0.6) is 0 Å². The predicted molar refractivity (Wildman–Crippen MR) is 86.4 cm³/mol. The van der Waals surface area contributed by atoms with Gasteiger partial charge in [0.05, 0.1) is 11.3 Å². The topological polar surface area (TPSA) is 49.8 Å². The normalized spacial score (nSPS) is 13.5. The minimum absolute atomic E-state index is 0.000872. The number of aromatic nitrogens is 1. The largest absolute Gasteiger partial charge is 0.454 e. The molecule has 2 aromatic carbocycles. The summed E-state index contributed by atoms with van der Waals surface area (Å²) in [6.07, 6.45) is 1.70. The molecule has 0 saturated heterocycles. The molecule has 4 aromatic rings. The number of furan rings is 1. The molecule has 0 unspecified atom stereocenters. The molecule has 0 aliphatic heterocycles. The average Bonchev–Trinajstić information content (AvgIpc) is 2.99. The number of pyridine rings is 1. The van der Waals surface area contributed by atoms with Crippen LogP contribution in [0.4, 0.5) is 0 Å². The molecule has 0 fully saturated rings. The second-order valence-corrected chi connectivity index (χ2v) is 4.98. The molecule has 2 aromatic heterocycles. The van der Waals surface area contributed by atoms with Crippen LogP contribution in [0.15, 0.2) is 59.1 Å². The zero-order chi connectivity index (χ0) is 17.6. The van der Waals surface area contributed by atoms with Crippen molar-refractivity contribution in [2.45, 2.75) is 6.85 Å². The maximum Gasteiger partial charge on any atom is 0.153 e. The lowest BCUT2D eigenvalue weighted by molar-refractivity contribution is 0.668. The molecule has 0 saturated carbocycles. The first-order valence-electron chi connectivity index (χ1n) is 8.31. The molecule has 0 radical (unpaired) electrons. The van der Waals surface area contributed by atoms with E-state index in [9.17, 15) is 5.26 Å². The fourth-order valence-corrected chi connectivity index (χ4v) is 2.70. The average molecular weight is 287 g/mol. The van der Waals surface area contributed by atoms with E-state index < -0.39 is 6.85 Å². The van der Waals surface area contributed by atoms with Crippen molar-refractivity contribution in [3.05, 3.63) is 65.9 Å². The highest BCUT2D eigenvalue weighted by Gasteiger charge is 2.16. The zero-order valence-electron chi connectivity index (χ0n) is 14.5. The third kappa shape index (κ3) is 1.71. The van der Waals surface area contributed by atoms with Gasteiger partial charge in [0.1, 0.15) is 11.7 Å². The number of fused-ring (bicyclic) bond motifs is 3. The van der Waals surface area contributed by atoms with E-state index in [2.05, 4.69) is 4.98 Å². The molecule has 3 nitrogen and oxygen atoms in total. The van der Waals surface area contributed by atoms with Crippen molar-refractivity contribution in [2.24, 2.45) is 0 Å². The van der Waals surface area contributed by atoms with Crippen molar-refractivity contribution in [3.8, 4) is 17.3 Å². The Bertz CT molecular complexity index is 1140. The SMILES string of the molecule is [2H]C([2H])([2H])c1ccc2c(oc3c(-c4ccccn4)cccc32)c1C#N. The summed E-state index contributed by atoms with van der Waals surface area (Å²) < 4.78 is 28.9. The Morgan fingerprint density at radius 3 is 2.73 bits per heavy atom. The smallest absolute Gasteiger partial charge is 0.153 e. The molecule has 0 atom stereocenters. The van der Waals surface area contributed by atoms with Crippen molar-refractivity contribution >= 4 is 21.9 Å². The molecule has 0 aliphatic rings. The van der Waals surface area contributed by atoms with E-state index in [4.69, 9.17) is 8.53 Å². The van der Waals surface area contributed by atoms with Gasteiger partial charge in [-0.3, -0.25) is 4.98 Å². The molecular weight excluding hydrogens is 272 g/mol. The zero-order valence-corrected chi connectivity index (χ0v) is 11.5. The first kappa shape index (κ1) is 9.75. The molecule has 2 heterocycles. The van der Waals surface area contributed by atoms with Gasteiger partial charge in [-0.05, 0) is 30.6 Å². The first-order chi connectivity index (χ1) is 12.0. The van der Waals surface area contributed by atoms with Crippen LogP contribution in [0, 0.1) is 18.2 Å². The van der Waals surface area contributed by atoms with Crippen LogP contribution in [0.25, 0.3) is 33.2 Å². The van der Waals surface area contributed by atoms with Crippen molar-refractivity contribution in [2.75, 3.05) is 0 Å². The van der Waals surface area contributed by atoms with Crippen molar-refractivity contribution in [3.63, 3.8) is 0 Å². The van der Waals surface area contributed by atoms with Crippen LogP contribution in [0.1, 0.15) is 15.2 Å². The summed E-state index contributed by atoms with van der Waals surface area (Å²) in [4.78, 5) is 4.35. The number of para-hydroxylation sites is 1. The second-order valence-electron chi connectivity index (χ2n) is 4.98. The van der Waals surface area contributed by atoms with Crippen molar-refractivity contribution in [1.82, 2.24) is 4.98 Å². The Hall–Kier alpha value is -3.12. The van der Waals surface area contributed by atoms with Crippen LogP contribution >= 0.6 is 0 Å². The van der Waals surface area contributed by atoms with Gasteiger partial charge >= 0.3 is 0 Å². The van der Waals surface area contributed by atoms with Gasteiger partial charge in [-0.2, -0.15) is 5.26 Å². The minimum Gasteiger partial charge on any atom is -0.454 e. The summed E-state index contributed by atoms with van der Waals surface area (Å²) in [5.74, 6) is 0. The summed E-state index contributed by atoms with van der Waals surface area (Å²) in [5.41, 5.74) is 2.50. The molecule has 104 valence electrons. The third-order valence-electron chi connectivity index (χ3n) is 3.72. The Morgan fingerprint density at radius 1 is 1.05 bits per heavy atom. The number of nitrogens with zero attached hydrogens (tertiary/aromatic N) is 2. The van der Waals surface area contributed by atoms with Gasteiger partial charge in [0.2, 0.25) is 0 Å². The highest BCUT2D eigenvalue weighted by Crippen LogP contribution is 2.36. The molecule has 4 rings (SSSR count). The summed E-state index contributed by atoms with van der Waals surface area (Å²) in [6, 6.07) is 16.5. The van der Waals surface area contributed by atoms with E-state index in [1.807, 2.05) is 42.5 Å². The standard InChI is InChI=1S/C19H12N2O/c1-12-8-9-14-13-5-4-6-15(17-7-2-3-10-21-17)18(13)22-19(14)16(12)11-20/h2-10H,1H3/i1D3. The van der Waals surface area contributed by atoms with Crippen LogP contribution < -0.4 is 0 Å². The van der Waals surface area contributed by atoms with Crippen molar-refractivity contribution in [1.29, 1.82) is 5.26 Å². The molecule has 0 bridgehead atoms. The van der Waals surface area contributed by atoms with Gasteiger partial charge in [0, 0.05) is 26.6 Å². The summed E-state index contributed by atoms with van der Waals surface area (Å²) >= 11 is 0. The van der Waals surface area contributed by atoms with Gasteiger partial charge in [-0.25, -0.2) is 0 Å². The van der Waals surface area contributed by atoms with Crippen LogP contribution in [-0.4, -0.2) is 4.98 Å². The van der Waals surface area contributed by atoms with E-state index in [1.165, 1.54) is 6.07 Å². The van der Waals surface area contributed by atoms with Crippen LogP contribution in [-0.2, 0) is 0 Å². The number of nitriles is 1. The molecule has 0 N–H and O–H groups in total. The maximum atomic E-state index is 9.52. The third-order valence-corrected chi connectivity index (χ3v) is 3.72. The fraction of sp³-hybridized carbons (Fsp3) is 0.0526. The maximum absolute atomic E-state index is 9.52. The summed E-state index contributed by atoms with van der Waals surface area (Å²) in [5, 5.41) is 11.1. The molecule has 22 heavy (non-hydrogen) atoms. The molecule has 0 aliphatic carbocycles. The number of benzene rings is 2. The quantitative estimate of drug-likeness (QED) is 0.504. The van der Waals surface area contributed by atoms with Gasteiger partial charge in [-0.1, -0.05) is 30.3 Å². The minimum atomic E-state index is -2.37. The Labute approximate surface area is 131 Å². The summed E-state index contributed by atoms with van der Waals surface area (Å²) in [6.45, 7) is -2.37. The monoisotopic (exact) mass is 287 g/mol. The lowest BCUT2D eigenvalue weighted by Crippen LogP contribution is -1.81. The van der Waals surface area contributed by atoms with Crippen LogP contribution in [0.2, 0.25) is 0 Å². The highest BCUT2D eigenvalue weighted by molar-refractivity contribution is 6.10.